The van der Waals surface area contributed by atoms with Gasteiger partial charge in [-0.15, -0.1) is 0 Å². The SMILES string of the molecule is CN[C@@H]1CCCN(Cc2ccc(Cl)c(Cl)c2)C1. The summed E-state index contributed by atoms with van der Waals surface area (Å²) < 4.78 is 0. The average Bonchev–Trinajstić information content (AvgIpc) is 2.34. The Morgan fingerprint density at radius 2 is 2.18 bits per heavy atom. The second kappa shape index (κ2) is 6.05. The van der Waals surface area contributed by atoms with E-state index in [1.54, 1.807) is 0 Å². The third-order valence-corrected chi connectivity index (χ3v) is 4.04. The Morgan fingerprint density at radius 1 is 1.35 bits per heavy atom. The molecule has 1 N–H and O–H groups in total. The van der Waals surface area contributed by atoms with Crippen LogP contribution in [0.3, 0.4) is 0 Å². The van der Waals surface area contributed by atoms with Gasteiger partial charge in [-0.25, -0.2) is 0 Å². The molecule has 2 rings (SSSR count). The first-order valence-corrected chi connectivity index (χ1v) is 6.78. The highest BCUT2D eigenvalue weighted by molar-refractivity contribution is 6.42. The number of nitrogens with one attached hydrogen (secondary N) is 1. The van der Waals surface area contributed by atoms with Crippen molar-refractivity contribution in [2.24, 2.45) is 0 Å². The van der Waals surface area contributed by atoms with Crippen molar-refractivity contribution in [3.05, 3.63) is 33.8 Å². The van der Waals surface area contributed by atoms with Crippen molar-refractivity contribution in [3.63, 3.8) is 0 Å². The first kappa shape index (κ1) is 13.2. The van der Waals surface area contributed by atoms with Crippen molar-refractivity contribution in [1.29, 1.82) is 0 Å². The lowest BCUT2D eigenvalue weighted by molar-refractivity contribution is 0.188. The Balaban J connectivity index is 1.97. The number of rotatable bonds is 3. The van der Waals surface area contributed by atoms with Gasteiger partial charge in [0.2, 0.25) is 0 Å². The van der Waals surface area contributed by atoms with Gasteiger partial charge in [0.1, 0.15) is 0 Å². The van der Waals surface area contributed by atoms with E-state index in [0.29, 0.717) is 16.1 Å². The quantitative estimate of drug-likeness (QED) is 0.910. The van der Waals surface area contributed by atoms with Crippen LogP contribution in [-0.4, -0.2) is 31.1 Å². The number of benzene rings is 1. The fourth-order valence-corrected chi connectivity index (χ4v) is 2.65. The van der Waals surface area contributed by atoms with Crippen LogP contribution in [0.2, 0.25) is 10.0 Å². The van der Waals surface area contributed by atoms with Crippen molar-refractivity contribution >= 4 is 23.2 Å². The molecule has 1 saturated heterocycles. The zero-order valence-electron chi connectivity index (χ0n) is 10.0. The lowest BCUT2D eigenvalue weighted by atomic mass is 10.1. The minimum atomic E-state index is 0.617. The summed E-state index contributed by atoms with van der Waals surface area (Å²) in [6.45, 7) is 3.23. The molecule has 0 saturated carbocycles. The first-order chi connectivity index (χ1) is 8.19. The van der Waals surface area contributed by atoms with Crippen molar-refractivity contribution in [1.82, 2.24) is 10.2 Å². The Bertz CT molecular complexity index is 382. The highest BCUT2D eigenvalue weighted by atomic mass is 35.5. The second-order valence-corrected chi connectivity index (χ2v) is 5.43. The number of piperidine rings is 1. The van der Waals surface area contributed by atoms with Crippen LogP contribution in [0.25, 0.3) is 0 Å². The third-order valence-electron chi connectivity index (χ3n) is 3.30. The molecule has 0 bridgehead atoms. The van der Waals surface area contributed by atoms with Gasteiger partial charge in [-0.3, -0.25) is 4.90 Å². The molecule has 1 heterocycles. The first-order valence-electron chi connectivity index (χ1n) is 6.02. The second-order valence-electron chi connectivity index (χ2n) is 4.61. The predicted octanol–water partition coefficient (Wildman–Crippen LogP) is 3.18. The smallest absolute Gasteiger partial charge is 0.0595 e. The monoisotopic (exact) mass is 272 g/mol. The average molecular weight is 273 g/mol. The van der Waals surface area contributed by atoms with Gasteiger partial charge in [0, 0.05) is 19.1 Å². The van der Waals surface area contributed by atoms with Gasteiger partial charge < -0.3 is 5.32 Å². The van der Waals surface area contributed by atoms with Crippen molar-refractivity contribution in [2.75, 3.05) is 20.1 Å². The molecule has 1 fully saturated rings. The molecule has 1 aliphatic heterocycles. The number of likely N-dealkylation sites (N-methyl/N-ethyl adjacent to an activating group) is 1. The van der Waals surface area contributed by atoms with Crippen LogP contribution in [-0.2, 0) is 6.54 Å². The van der Waals surface area contributed by atoms with Gasteiger partial charge in [-0.05, 0) is 44.1 Å². The summed E-state index contributed by atoms with van der Waals surface area (Å²) in [5, 5.41) is 4.62. The van der Waals surface area contributed by atoms with Crippen LogP contribution in [0.15, 0.2) is 18.2 Å². The van der Waals surface area contributed by atoms with E-state index in [4.69, 9.17) is 23.2 Å². The molecule has 1 atom stereocenters. The molecular formula is C13H18Cl2N2. The minimum Gasteiger partial charge on any atom is -0.316 e. The van der Waals surface area contributed by atoms with E-state index in [2.05, 4.69) is 16.3 Å². The predicted molar refractivity (Wildman–Crippen MR) is 73.8 cm³/mol. The fourth-order valence-electron chi connectivity index (χ4n) is 2.33. The third kappa shape index (κ3) is 3.59. The van der Waals surface area contributed by atoms with Gasteiger partial charge in [-0.1, -0.05) is 29.3 Å². The lowest BCUT2D eigenvalue weighted by Crippen LogP contribution is -2.43. The summed E-state index contributed by atoms with van der Waals surface area (Å²) in [5.74, 6) is 0. The molecule has 2 nitrogen and oxygen atoms in total. The molecule has 0 unspecified atom stereocenters. The zero-order chi connectivity index (χ0) is 12.3. The van der Waals surface area contributed by atoms with Crippen LogP contribution in [0.4, 0.5) is 0 Å². The maximum Gasteiger partial charge on any atom is 0.0595 e. The molecule has 0 amide bonds. The van der Waals surface area contributed by atoms with Gasteiger partial charge in [-0.2, -0.15) is 0 Å². The van der Waals surface area contributed by atoms with E-state index >= 15 is 0 Å². The van der Waals surface area contributed by atoms with E-state index in [0.717, 1.165) is 13.1 Å². The molecule has 1 aliphatic rings. The van der Waals surface area contributed by atoms with Gasteiger partial charge >= 0.3 is 0 Å². The van der Waals surface area contributed by atoms with E-state index in [9.17, 15) is 0 Å². The molecule has 0 radical (unpaired) electrons. The molecule has 4 heteroatoms. The normalized spacial score (nSPS) is 21.7. The van der Waals surface area contributed by atoms with Gasteiger partial charge in [0.25, 0.3) is 0 Å². The summed E-state index contributed by atoms with van der Waals surface area (Å²) in [6, 6.07) is 6.51. The van der Waals surface area contributed by atoms with Crippen LogP contribution in [0, 0.1) is 0 Å². The summed E-state index contributed by atoms with van der Waals surface area (Å²) in [7, 11) is 2.04. The summed E-state index contributed by atoms with van der Waals surface area (Å²) >= 11 is 11.9. The van der Waals surface area contributed by atoms with Crippen LogP contribution in [0.1, 0.15) is 18.4 Å². The summed E-state index contributed by atoms with van der Waals surface area (Å²) in [5.41, 5.74) is 1.23. The van der Waals surface area contributed by atoms with Crippen LogP contribution >= 0.6 is 23.2 Å². The van der Waals surface area contributed by atoms with E-state index < -0.39 is 0 Å². The van der Waals surface area contributed by atoms with Gasteiger partial charge in [0.15, 0.2) is 0 Å². The highest BCUT2D eigenvalue weighted by Crippen LogP contribution is 2.23. The minimum absolute atomic E-state index is 0.617. The molecule has 0 aromatic heterocycles. The standard InChI is InChI=1S/C13H18Cl2N2/c1-16-11-3-2-6-17(9-11)8-10-4-5-12(14)13(15)7-10/h4-5,7,11,16H,2-3,6,8-9H2,1H3/t11-/m1/s1. The molecule has 0 aliphatic carbocycles. The molecule has 1 aromatic rings. The van der Waals surface area contributed by atoms with Crippen molar-refractivity contribution < 1.29 is 0 Å². The lowest BCUT2D eigenvalue weighted by Gasteiger charge is -2.32. The number of hydrogen-bond acceptors (Lipinski definition) is 2. The summed E-state index contributed by atoms with van der Waals surface area (Å²) in [6.07, 6.45) is 2.53. The molecule has 17 heavy (non-hydrogen) atoms. The number of halogens is 2. The maximum atomic E-state index is 6.02. The Hall–Kier alpha value is -0.280. The molecule has 1 aromatic carbocycles. The van der Waals surface area contributed by atoms with E-state index in [1.807, 2.05) is 19.2 Å². The Labute approximate surface area is 113 Å². The Morgan fingerprint density at radius 3 is 2.88 bits per heavy atom. The van der Waals surface area contributed by atoms with E-state index in [1.165, 1.54) is 24.9 Å². The van der Waals surface area contributed by atoms with Crippen LogP contribution in [0.5, 0.6) is 0 Å². The van der Waals surface area contributed by atoms with Gasteiger partial charge in [0.05, 0.1) is 10.0 Å². The molecule has 94 valence electrons. The topological polar surface area (TPSA) is 15.3 Å². The Kier molecular flexibility index (Phi) is 4.69. The fraction of sp³-hybridized carbons (Fsp3) is 0.538. The number of likely N-dealkylation sites (tertiary alicyclic amines) is 1. The molecular weight excluding hydrogens is 255 g/mol. The van der Waals surface area contributed by atoms with E-state index in [-0.39, 0.29) is 0 Å². The van der Waals surface area contributed by atoms with Crippen molar-refractivity contribution in [2.45, 2.75) is 25.4 Å². The number of hydrogen-bond donors (Lipinski definition) is 1. The molecule has 0 spiro atoms. The highest BCUT2D eigenvalue weighted by Gasteiger charge is 2.18. The zero-order valence-corrected chi connectivity index (χ0v) is 11.6. The summed E-state index contributed by atoms with van der Waals surface area (Å²) in [4.78, 5) is 2.46. The van der Waals surface area contributed by atoms with Crippen molar-refractivity contribution in [3.8, 4) is 0 Å². The number of nitrogens with zero attached hydrogens (tertiary/aromatic N) is 1. The largest absolute Gasteiger partial charge is 0.316 e. The van der Waals surface area contributed by atoms with Crippen LogP contribution < -0.4 is 5.32 Å². The maximum absolute atomic E-state index is 6.02.